The number of amides is 1. The fourth-order valence-corrected chi connectivity index (χ4v) is 4.16. The highest BCUT2D eigenvalue weighted by Crippen LogP contribution is 2.40. The first-order valence-electron chi connectivity index (χ1n) is 11.8. The maximum Gasteiger partial charge on any atom is 0.227 e. The Morgan fingerprint density at radius 2 is 1.71 bits per heavy atom. The van der Waals surface area contributed by atoms with E-state index in [2.05, 4.69) is 39.4 Å². The Labute approximate surface area is 205 Å². The van der Waals surface area contributed by atoms with Gasteiger partial charge >= 0.3 is 0 Å². The first kappa shape index (κ1) is 24.4. The molecule has 35 heavy (non-hydrogen) atoms. The van der Waals surface area contributed by atoms with Gasteiger partial charge in [0.05, 0.1) is 21.3 Å². The number of aromatic nitrogens is 2. The number of carbonyl (C=O) groups excluding carboxylic acids is 1. The third-order valence-corrected chi connectivity index (χ3v) is 6.26. The van der Waals surface area contributed by atoms with E-state index in [1.54, 1.807) is 12.1 Å². The van der Waals surface area contributed by atoms with Crippen LogP contribution in [-0.2, 0) is 11.2 Å². The van der Waals surface area contributed by atoms with E-state index in [1.807, 2.05) is 12.1 Å². The van der Waals surface area contributed by atoms with Crippen LogP contribution in [0, 0.1) is 5.92 Å². The number of nitrogens with zero attached hydrogens (tertiary/aromatic N) is 3. The molecule has 9 nitrogen and oxygen atoms in total. The molecule has 4 rings (SSSR count). The molecule has 0 spiro atoms. The van der Waals surface area contributed by atoms with Gasteiger partial charge in [0.25, 0.3) is 0 Å². The number of ether oxygens (including phenoxy) is 3. The Morgan fingerprint density at radius 1 is 1.06 bits per heavy atom. The fraction of sp³-hybridized carbons (Fsp3) is 0.423. The number of piperidine rings is 1. The van der Waals surface area contributed by atoms with Gasteiger partial charge < -0.3 is 29.0 Å². The number of nitrogens with one attached hydrogen (secondary N) is 1. The van der Waals surface area contributed by atoms with Crippen molar-refractivity contribution < 1.29 is 23.5 Å². The third kappa shape index (κ3) is 5.85. The molecule has 0 atom stereocenters. The molecule has 186 valence electrons. The summed E-state index contributed by atoms with van der Waals surface area (Å²) in [7, 11) is 4.58. The highest BCUT2D eigenvalue weighted by molar-refractivity contribution is 5.91. The molecular formula is C26H32N4O5. The quantitative estimate of drug-likeness (QED) is 0.476. The van der Waals surface area contributed by atoms with Crippen LogP contribution in [-0.4, -0.2) is 50.5 Å². The third-order valence-electron chi connectivity index (χ3n) is 6.26. The second kappa shape index (κ2) is 11.1. The van der Waals surface area contributed by atoms with Gasteiger partial charge in [-0.2, -0.15) is 4.98 Å². The largest absolute Gasteiger partial charge is 0.493 e. The minimum Gasteiger partial charge on any atom is -0.493 e. The summed E-state index contributed by atoms with van der Waals surface area (Å²) >= 11 is 0. The molecule has 0 radical (unpaired) electrons. The first-order chi connectivity index (χ1) is 17.0. The van der Waals surface area contributed by atoms with Crippen LogP contribution in [0.2, 0.25) is 0 Å². The van der Waals surface area contributed by atoms with E-state index in [-0.39, 0.29) is 12.3 Å². The number of benzene rings is 2. The van der Waals surface area contributed by atoms with Crippen molar-refractivity contribution in [3.8, 4) is 28.6 Å². The van der Waals surface area contributed by atoms with Gasteiger partial charge in [0.2, 0.25) is 23.4 Å². The van der Waals surface area contributed by atoms with E-state index in [1.165, 1.54) is 39.9 Å². The predicted octanol–water partition coefficient (Wildman–Crippen LogP) is 4.57. The van der Waals surface area contributed by atoms with Gasteiger partial charge in [-0.1, -0.05) is 12.1 Å². The summed E-state index contributed by atoms with van der Waals surface area (Å²) in [6, 6.07) is 11.6. The summed E-state index contributed by atoms with van der Waals surface area (Å²) in [4.78, 5) is 19.4. The van der Waals surface area contributed by atoms with Crippen LogP contribution in [0.4, 0.5) is 11.4 Å². The maximum atomic E-state index is 12.5. The van der Waals surface area contributed by atoms with E-state index in [4.69, 9.17) is 18.7 Å². The molecule has 2 aromatic carbocycles. The molecule has 0 saturated carbocycles. The molecular weight excluding hydrogens is 448 g/mol. The van der Waals surface area contributed by atoms with E-state index < -0.39 is 0 Å². The molecule has 9 heteroatoms. The number of hydrogen-bond acceptors (Lipinski definition) is 8. The monoisotopic (exact) mass is 480 g/mol. The number of aryl methyl sites for hydroxylation is 1. The van der Waals surface area contributed by atoms with Crippen LogP contribution >= 0.6 is 0 Å². The Hall–Kier alpha value is -3.75. The van der Waals surface area contributed by atoms with Gasteiger partial charge in [-0.3, -0.25) is 4.79 Å². The van der Waals surface area contributed by atoms with Crippen molar-refractivity contribution in [2.45, 2.75) is 32.6 Å². The first-order valence-corrected chi connectivity index (χ1v) is 11.8. The predicted molar refractivity (Wildman–Crippen MR) is 133 cm³/mol. The smallest absolute Gasteiger partial charge is 0.227 e. The van der Waals surface area contributed by atoms with Crippen LogP contribution < -0.4 is 24.4 Å². The number of anilines is 2. The van der Waals surface area contributed by atoms with Crippen molar-refractivity contribution >= 4 is 17.3 Å². The Balaban J connectivity index is 1.33. The Bertz CT molecular complexity index is 1110. The zero-order valence-electron chi connectivity index (χ0n) is 20.7. The molecule has 1 aliphatic heterocycles. The minimum atomic E-state index is -0.195. The van der Waals surface area contributed by atoms with Gasteiger partial charge in [-0.15, -0.1) is 0 Å². The fourth-order valence-electron chi connectivity index (χ4n) is 4.16. The van der Waals surface area contributed by atoms with Crippen LogP contribution in [0.5, 0.6) is 17.2 Å². The summed E-state index contributed by atoms with van der Waals surface area (Å²) in [5.74, 6) is 2.92. The molecule has 3 aromatic rings. The lowest BCUT2D eigenvalue weighted by atomic mass is 9.98. The molecule has 0 bridgehead atoms. The number of hydrogen-bond donors (Lipinski definition) is 1. The molecule has 1 amide bonds. The van der Waals surface area contributed by atoms with Gasteiger partial charge in [0.1, 0.15) is 0 Å². The molecule has 0 unspecified atom stereocenters. The van der Waals surface area contributed by atoms with E-state index in [0.29, 0.717) is 41.1 Å². The normalized spacial score (nSPS) is 14.0. The standard InChI is InChI=1S/C26H32N4O5/c1-17-11-13-30(14-12-17)20-7-5-18(6-8-20)26-28-24(35-29-26)10-9-23(31)27-19-15-21(32-2)25(34-4)22(16-19)33-3/h5-8,15-17H,9-14H2,1-4H3,(H,27,31). The zero-order valence-corrected chi connectivity index (χ0v) is 20.7. The lowest BCUT2D eigenvalue weighted by Gasteiger charge is -2.32. The van der Waals surface area contributed by atoms with Crippen LogP contribution in [0.1, 0.15) is 32.1 Å². The molecule has 1 aliphatic rings. The van der Waals surface area contributed by atoms with Gasteiger partial charge in [-0.05, 0) is 43.0 Å². The van der Waals surface area contributed by atoms with Crippen molar-refractivity contribution in [2.24, 2.45) is 5.92 Å². The maximum absolute atomic E-state index is 12.5. The molecule has 1 aromatic heterocycles. The highest BCUT2D eigenvalue weighted by Gasteiger charge is 2.18. The van der Waals surface area contributed by atoms with E-state index in [0.717, 1.165) is 24.6 Å². The lowest BCUT2D eigenvalue weighted by Crippen LogP contribution is -2.32. The summed E-state index contributed by atoms with van der Waals surface area (Å²) in [5.41, 5.74) is 2.64. The van der Waals surface area contributed by atoms with Gasteiger partial charge in [-0.25, -0.2) is 0 Å². The average Bonchev–Trinajstić information content (AvgIpc) is 3.36. The van der Waals surface area contributed by atoms with Crippen LogP contribution in [0.25, 0.3) is 11.4 Å². The summed E-state index contributed by atoms with van der Waals surface area (Å²) in [6.07, 6.45) is 2.96. The molecule has 0 aliphatic carbocycles. The number of methoxy groups -OCH3 is 3. The SMILES string of the molecule is COc1cc(NC(=O)CCc2nc(-c3ccc(N4CCC(C)CC4)cc3)no2)cc(OC)c1OC. The second-order valence-corrected chi connectivity index (χ2v) is 8.69. The number of carbonyl (C=O) groups is 1. The summed E-state index contributed by atoms with van der Waals surface area (Å²) in [5, 5.41) is 6.93. The molecule has 1 saturated heterocycles. The summed E-state index contributed by atoms with van der Waals surface area (Å²) in [6.45, 7) is 4.49. The van der Waals surface area contributed by atoms with Crippen molar-refractivity contribution in [2.75, 3.05) is 44.6 Å². The van der Waals surface area contributed by atoms with Crippen LogP contribution in [0.3, 0.4) is 0 Å². The van der Waals surface area contributed by atoms with E-state index in [9.17, 15) is 4.79 Å². The minimum absolute atomic E-state index is 0.185. The Kier molecular flexibility index (Phi) is 7.74. The van der Waals surface area contributed by atoms with Crippen molar-refractivity contribution in [1.29, 1.82) is 0 Å². The Morgan fingerprint density at radius 3 is 2.31 bits per heavy atom. The topological polar surface area (TPSA) is 99.0 Å². The van der Waals surface area contributed by atoms with Gasteiger partial charge in [0, 0.05) is 55.0 Å². The number of rotatable bonds is 9. The lowest BCUT2D eigenvalue weighted by molar-refractivity contribution is -0.116. The molecule has 2 heterocycles. The molecule has 1 fully saturated rings. The van der Waals surface area contributed by atoms with Crippen LogP contribution in [0.15, 0.2) is 40.9 Å². The highest BCUT2D eigenvalue weighted by atomic mass is 16.5. The molecule has 1 N–H and O–H groups in total. The average molecular weight is 481 g/mol. The van der Waals surface area contributed by atoms with Crippen molar-refractivity contribution in [1.82, 2.24) is 10.1 Å². The van der Waals surface area contributed by atoms with Gasteiger partial charge in [0.15, 0.2) is 11.5 Å². The zero-order chi connectivity index (χ0) is 24.8. The van der Waals surface area contributed by atoms with E-state index >= 15 is 0 Å². The second-order valence-electron chi connectivity index (χ2n) is 8.69. The van der Waals surface area contributed by atoms with Crippen molar-refractivity contribution in [3.05, 3.63) is 42.3 Å². The summed E-state index contributed by atoms with van der Waals surface area (Å²) < 4.78 is 21.3. The van der Waals surface area contributed by atoms with Crippen molar-refractivity contribution in [3.63, 3.8) is 0 Å².